The van der Waals surface area contributed by atoms with E-state index in [9.17, 15) is 14.4 Å². The lowest BCUT2D eigenvalue weighted by Crippen LogP contribution is -2.59. The van der Waals surface area contributed by atoms with Crippen molar-refractivity contribution in [1.82, 2.24) is 14.5 Å². The van der Waals surface area contributed by atoms with Crippen LogP contribution in [0.25, 0.3) is 0 Å². The maximum atomic E-state index is 12.6. The first-order valence-corrected chi connectivity index (χ1v) is 9.89. The average Bonchev–Trinajstić information content (AvgIpc) is 2.88. The summed E-state index contributed by atoms with van der Waals surface area (Å²) in [5.41, 5.74) is -0.000434. The molecule has 1 aromatic carbocycles. The summed E-state index contributed by atoms with van der Waals surface area (Å²) in [5.74, 6) is 0. The molecule has 0 aliphatic carbocycles. The molecule has 2 aliphatic heterocycles. The van der Waals surface area contributed by atoms with Crippen LogP contribution in [0.4, 0.5) is 9.59 Å². The van der Waals surface area contributed by atoms with Crippen LogP contribution in [-0.4, -0.2) is 57.8 Å². The number of ether oxygens (including phenoxy) is 1. The van der Waals surface area contributed by atoms with Crippen molar-refractivity contribution < 1.29 is 19.1 Å². The highest BCUT2D eigenvalue weighted by molar-refractivity contribution is 8.12. The molecule has 3 rings (SSSR count). The molecule has 2 heterocycles. The molecule has 0 spiro atoms. The Morgan fingerprint density at radius 1 is 1.07 bits per heavy atom. The quantitative estimate of drug-likeness (QED) is 0.744. The van der Waals surface area contributed by atoms with Crippen LogP contribution in [-0.2, 0) is 4.74 Å². The van der Waals surface area contributed by atoms with Crippen LogP contribution in [0.5, 0.6) is 0 Å². The normalized spacial score (nSPS) is 21.7. The average molecular weight is 391 g/mol. The lowest BCUT2D eigenvalue weighted by atomic mass is 10.2. The Hall–Kier alpha value is -2.22. The van der Waals surface area contributed by atoms with Crippen LogP contribution < -0.4 is 4.72 Å². The number of urea groups is 1. The Kier molecular flexibility index (Phi) is 5.64. The third-order valence-corrected chi connectivity index (χ3v) is 5.31. The van der Waals surface area contributed by atoms with Crippen molar-refractivity contribution >= 4 is 29.2 Å². The number of piperazine rings is 1. The van der Waals surface area contributed by atoms with Gasteiger partial charge in [-0.2, -0.15) is 0 Å². The van der Waals surface area contributed by atoms with E-state index < -0.39 is 5.60 Å². The maximum absolute atomic E-state index is 12.6. The van der Waals surface area contributed by atoms with E-state index >= 15 is 0 Å². The lowest BCUT2D eigenvalue weighted by Gasteiger charge is -2.40. The van der Waals surface area contributed by atoms with E-state index in [2.05, 4.69) is 4.72 Å². The van der Waals surface area contributed by atoms with Crippen molar-refractivity contribution in [2.45, 2.75) is 51.3 Å². The zero-order valence-corrected chi connectivity index (χ0v) is 16.6. The largest absolute Gasteiger partial charge is 0.444 e. The number of amides is 3. The second-order valence-electron chi connectivity index (χ2n) is 7.84. The van der Waals surface area contributed by atoms with Gasteiger partial charge in [0.25, 0.3) is 0 Å². The summed E-state index contributed by atoms with van der Waals surface area (Å²) in [4.78, 5) is 40.5. The Bertz CT molecular complexity index is 705. The van der Waals surface area contributed by atoms with Crippen LogP contribution >= 0.6 is 11.9 Å². The first kappa shape index (κ1) is 19.5. The SMILES string of the molecule is CC(C)(C)OC(=O)N1C[C@H]2CC[C@@H](C1)N2C(=O)NSC(=O)c1ccccc1. The number of rotatable bonds is 1. The number of hydrogen-bond donors (Lipinski definition) is 1. The van der Waals surface area contributed by atoms with Crippen LogP contribution in [0.2, 0.25) is 0 Å². The van der Waals surface area contributed by atoms with Crippen LogP contribution in [0.1, 0.15) is 44.0 Å². The summed E-state index contributed by atoms with van der Waals surface area (Å²) in [7, 11) is 0. The van der Waals surface area contributed by atoms with Gasteiger partial charge in [-0.3, -0.25) is 9.52 Å². The lowest BCUT2D eigenvalue weighted by molar-refractivity contribution is 0.00774. The van der Waals surface area contributed by atoms with Crippen LogP contribution in [0.15, 0.2) is 30.3 Å². The first-order valence-electron chi connectivity index (χ1n) is 9.07. The zero-order valence-electron chi connectivity index (χ0n) is 15.8. The highest BCUT2D eigenvalue weighted by Crippen LogP contribution is 2.31. The van der Waals surface area contributed by atoms with Crippen molar-refractivity contribution in [2.75, 3.05) is 13.1 Å². The molecule has 2 atom stereocenters. The fourth-order valence-corrected chi connectivity index (χ4v) is 4.03. The van der Waals surface area contributed by atoms with Crippen molar-refractivity contribution in [2.24, 2.45) is 0 Å². The minimum Gasteiger partial charge on any atom is -0.444 e. The fraction of sp³-hybridized carbons (Fsp3) is 0.526. The second-order valence-corrected chi connectivity index (χ2v) is 8.62. The Labute approximate surface area is 163 Å². The van der Waals surface area contributed by atoms with Crippen LogP contribution in [0.3, 0.4) is 0 Å². The monoisotopic (exact) mass is 391 g/mol. The molecule has 3 amide bonds. The number of nitrogens with zero attached hydrogens (tertiary/aromatic N) is 2. The van der Waals surface area contributed by atoms with Gasteiger partial charge in [0, 0.05) is 30.6 Å². The number of fused-ring (bicyclic) bond motifs is 2. The van der Waals surface area contributed by atoms with Gasteiger partial charge in [0.15, 0.2) is 0 Å². The predicted octanol–water partition coefficient (Wildman–Crippen LogP) is 3.27. The molecule has 0 unspecified atom stereocenters. The van der Waals surface area contributed by atoms with E-state index in [1.54, 1.807) is 34.1 Å². The van der Waals surface area contributed by atoms with Gasteiger partial charge in [-0.25, -0.2) is 9.59 Å². The van der Waals surface area contributed by atoms with Gasteiger partial charge in [0.2, 0.25) is 5.12 Å². The standard InChI is InChI=1S/C19H25N3O4S/c1-19(2,3)26-18(25)21-11-14-9-10-15(12-21)22(14)17(24)20-27-16(23)13-7-5-4-6-8-13/h4-8,14-15H,9-12H2,1-3H3,(H,20,24)/t14-,15+. The van der Waals surface area contributed by atoms with Crippen molar-refractivity contribution in [3.8, 4) is 0 Å². The van der Waals surface area contributed by atoms with E-state index in [0.717, 1.165) is 24.8 Å². The van der Waals surface area contributed by atoms with Gasteiger partial charge in [-0.1, -0.05) is 30.3 Å². The summed E-state index contributed by atoms with van der Waals surface area (Å²) >= 11 is 0.793. The zero-order chi connectivity index (χ0) is 19.6. The highest BCUT2D eigenvalue weighted by Gasteiger charge is 2.44. The maximum Gasteiger partial charge on any atom is 0.410 e. The summed E-state index contributed by atoms with van der Waals surface area (Å²) in [6, 6.07) is 8.45. The fourth-order valence-electron chi connectivity index (χ4n) is 3.49. The minimum absolute atomic E-state index is 0.0521. The topological polar surface area (TPSA) is 79.0 Å². The number of carbonyl (C=O) groups excluding carboxylic acids is 3. The molecule has 1 N–H and O–H groups in total. The Balaban J connectivity index is 1.55. The predicted molar refractivity (Wildman–Crippen MR) is 103 cm³/mol. The molecule has 2 saturated heterocycles. The summed E-state index contributed by atoms with van der Waals surface area (Å²) in [6.45, 7) is 6.42. The molecule has 2 bridgehead atoms. The summed E-state index contributed by atoms with van der Waals surface area (Å²) < 4.78 is 8.10. The smallest absolute Gasteiger partial charge is 0.410 e. The number of carbonyl (C=O) groups is 3. The second kappa shape index (κ2) is 7.80. The third-order valence-electron chi connectivity index (χ3n) is 4.61. The summed E-state index contributed by atoms with van der Waals surface area (Å²) in [6.07, 6.45) is 1.34. The molecule has 8 heteroatoms. The van der Waals surface area contributed by atoms with Gasteiger partial charge >= 0.3 is 12.1 Å². The molecule has 2 fully saturated rings. The Morgan fingerprint density at radius 2 is 1.67 bits per heavy atom. The molecule has 1 aromatic rings. The van der Waals surface area contributed by atoms with Gasteiger partial charge in [-0.15, -0.1) is 0 Å². The van der Waals surface area contributed by atoms with Crippen molar-refractivity contribution in [3.05, 3.63) is 35.9 Å². The molecular formula is C19H25N3O4S. The highest BCUT2D eigenvalue weighted by atomic mass is 32.2. The van der Waals surface area contributed by atoms with E-state index in [4.69, 9.17) is 4.74 Å². The van der Waals surface area contributed by atoms with Crippen molar-refractivity contribution in [3.63, 3.8) is 0 Å². The van der Waals surface area contributed by atoms with Gasteiger partial charge in [-0.05, 0) is 33.6 Å². The molecular weight excluding hydrogens is 366 g/mol. The van der Waals surface area contributed by atoms with E-state index in [0.29, 0.717) is 18.7 Å². The number of likely N-dealkylation sites (tertiary alicyclic amines) is 1. The van der Waals surface area contributed by atoms with E-state index in [-0.39, 0.29) is 29.3 Å². The molecule has 2 aliphatic rings. The van der Waals surface area contributed by atoms with E-state index in [1.807, 2.05) is 26.8 Å². The number of benzene rings is 1. The molecule has 0 radical (unpaired) electrons. The molecule has 0 saturated carbocycles. The van der Waals surface area contributed by atoms with E-state index in [1.165, 1.54) is 0 Å². The van der Waals surface area contributed by atoms with Crippen LogP contribution in [0, 0.1) is 0 Å². The van der Waals surface area contributed by atoms with Gasteiger partial charge in [0.05, 0.1) is 12.1 Å². The molecule has 0 aromatic heterocycles. The first-order chi connectivity index (χ1) is 12.7. The van der Waals surface area contributed by atoms with Gasteiger partial charge in [0.1, 0.15) is 5.60 Å². The number of hydrogen-bond acceptors (Lipinski definition) is 5. The van der Waals surface area contributed by atoms with Gasteiger partial charge < -0.3 is 14.5 Å². The molecule has 27 heavy (non-hydrogen) atoms. The molecule has 146 valence electrons. The Morgan fingerprint density at radius 3 is 2.22 bits per heavy atom. The molecule has 7 nitrogen and oxygen atoms in total. The number of nitrogens with one attached hydrogen (secondary N) is 1. The summed E-state index contributed by atoms with van der Waals surface area (Å²) in [5, 5.41) is -0.205. The third kappa shape index (κ3) is 4.74. The minimum atomic E-state index is -0.543. The van der Waals surface area contributed by atoms with Crippen molar-refractivity contribution in [1.29, 1.82) is 0 Å².